The third kappa shape index (κ3) is 12.7. The second-order valence-corrected chi connectivity index (χ2v) is 8.39. The Morgan fingerprint density at radius 1 is 0.828 bits per heavy atom. The van der Waals surface area contributed by atoms with Crippen LogP contribution >= 0.6 is 0 Å². The molecular formula is C24H46O5. The molecule has 172 valence electrons. The van der Waals surface area contributed by atoms with E-state index in [-0.39, 0.29) is 13.2 Å². The molecule has 3 N–H and O–H groups in total. The summed E-state index contributed by atoms with van der Waals surface area (Å²) in [6, 6.07) is 0. The quantitative estimate of drug-likeness (QED) is 0.227. The van der Waals surface area contributed by atoms with E-state index in [1.54, 1.807) is 0 Å². The molecule has 0 saturated carbocycles. The zero-order chi connectivity index (χ0) is 21.2. The van der Waals surface area contributed by atoms with Gasteiger partial charge in [-0.15, -0.1) is 0 Å². The molecule has 4 atom stereocenters. The molecule has 1 aliphatic heterocycles. The van der Waals surface area contributed by atoms with Gasteiger partial charge in [-0.2, -0.15) is 0 Å². The highest BCUT2D eigenvalue weighted by Crippen LogP contribution is 2.19. The molecule has 0 amide bonds. The van der Waals surface area contributed by atoms with Crippen molar-refractivity contribution >= 4 is 0 Å². The van der Waals surface area contributed by atoms with E-state index < -0.39 is 24.4 Å². The predicted octanol–water partition coefficient (Wildman–Crippen LogP) is 4.52. The lowest BCUT2D eigenvalue weighted by Crippen LogP contribution is -2.55. The Bertz CT molecular complexity index is 385. The SMILES string of the molecule is CCCCCCC/C=C/CCCCCCCCCO[C@H]1[C@H](O)[C@@H](O)CO[C@@H]1CO. The lowest BCUT2D eigenvalue weighted by atomic mass is 10.0. The Balaban J connectivity index is 1.87. The molecule has 0 unspecified atom stereocenters. The number of rotatable bonds is 18. The third-order valence-electron chi connectivity index (χ3n) is 5.72. The van der Waals surface area contributed by atoms with Gasteiger partial charge in [-0.1, -0.05) is 76.9 Å². The summed E-state index contributed by atoms with van der Waals surface area (Å²) >= 11 is 0. The summed E-state index contributed by atoms with van der Waals surface area (Å²) in [4.78, 5) is 0. The topological polar surface area (TPSA) is 79.2 Å². The summed E-state index contributed by atoms with van der Waals surface area (Å²) in [6.45, 7) is 2.62. The average molecular weight is 415 g/mol. The first-order valence-corrected chi connectivity index (χ1v) is 12.1. The van der Waals surface area contributed by atoms with Gasteiger partial charge in [-0.3, -0.25) is 0 Å². The van der Waals surface area contributed by atoms with Crippen LogP contribution in [0.3, 0.4) is 0 Å². The van der Waals surface area contributed by atoms with Crippen LogP contribution in [0.5, 0.6) is 0 Å². The molecule has 1 heterocycles. The molecule has 5 nitrogen and oxygen atoms in total. The van der Waals surface area contributed by atoms with Gasteiger partial charge in [-0.25, -0.2) is 0 Å². The van der Waals surface area contributed by atoms with Gasteiger partial charge in [-0.05, 0) is 32.1 Å². The number of aliphatic hydroxyl groups is 3. The Hall–Kier alpha value is -0.460. The van der Waals surface area contributed by atoms with Crippen LogP contribution in [0, 0.1) is 0 Å². The van der Waals surface area contributed by atoms with Gasteiger partial charge in [0.1, 0.15) is 24.4 Å². The molecule has 1 saturated heterocycles. The van der Waals surface area contributed by atoms with Crippen molar-refractivity contribution in [3.05, 3.63) is 12.2 Å². The van der Waals surface area contributed by atoms with Gasteiger partial charge in [0.15, 0.2) is 0 Å². The number of unbranched alkanes of at least 4 members (excludes halogenated alkanes) is 12. The van der Waals surface area contributed by atoms with E-state index in [0.717, 1.165) is 12.8 Å². The number of ether oxygens (including phenoxy) is 2. The summed E-state index contributed by atoms with van der Waals surface area (Å²) in [5.74, 6) is 0. The van der Waals surface area contributed by atoms with Gasteiger partial charge in [0.25, 0.3) is 0 Å². The fourth-order valence-electron chi connectivity index (χ4n) is 3.79. The highest BCUT2D eigenvalue weighted by atomic mass is 16.6. The second-order valence-electron chi connectivity index (χ2n) is 8.39. The van der Waals surface area contributed by atoms with Crippen LogP contribution in [0.25, 0.3) is 0 Å². The maximum atomic E-state index is 10.0. The Morgan fingerprint density at radius 2 is 1.38 bits per heavy atom. The maximum Gasteiger partial charge on any atom is 0.114 e. The lowest BCUT2D eigenvalue weighted by molar-refractivity contribution is -0.211. The Kier molecular flexibility index (Phi) is 16.8. The number of hydrogen-bond donors (Lipinski definition) is 3. The van der Waals surface area contributed by atoms with Gasteiger partial charge in [0.2, 0.25) is 0 Å². The van der Waals surface area contributed by atoms with Crippen molar-refractivity contribution in [2.75, 3.05) is 19.8 Å². The van der Waals surface area contributed by atoms with Gasteiger partial charge in [0.05, 0.1) is 13.2 Å². The van der Waals surface area contributed by atoms with Crippen LogP contribution < -0.4 is 0 Å². The van der Waals surface area contributed by atoms with Crippen LogP contribution in [0.4, 0.5) is 0 Å². The summed E-state index contributed by atoms with van der Waals surface area (Å²) in [5.41, 5.74) is 0. The second kappa shape index (κ2) is 18.3. The van der Waals surface area contributed by atoms with Crippen LogP contribution in [-0.4, -0.2) is 59.6 Å². The largest absolute Gasteiger partial charge is 0.394 e. The summed E-state index contributed by atoms with van der Waals surface area (Å²) in [5, 5.41) is 29.0. The molecule has 0 aliphatic carbocycles. The van der Waals surface area contributed by atoms with E-state index in [9.17, 15) is 15.3 Å². The summed E-state index contributed by atoms with van der Waals surface area (Å²) < 4.78 is 11.0. The number of aliphatic hydroxyl groups excluding tert-OH is 3. The van der Waals surface area contributed by atoms with Crippen molar-refractivity contribution in [2.45, 2.75) is 121 Å². The fraction of sp³-hybridized carbons (Fsp3) is 0.917. The first-order chi connectivity index (χ1) is 14.2. The minimum absolute atomic E-state index is 0.0427. The van der Waals surface area contributed by atoms with Crippen molar-refractivity contribution < 1.29 is 24.8 Å². The molecule has 0 spiro atoms. The monoisotopic (exact) mass is 414 g/mol. The van der Waals surface area contributed by atoms with E-state index in [0.29, 0.717) is 6.61 Å². The van der Waals surface area contributed by atoms with E-state index in [4.69, 9.17) is 9.47 Å². The first-order valence-electron chi connectivity index (χ1n) is 12.1. The van der Waals surface area contributed by atoms with E-state index >= 15 is 0 Å². The maximum absolute atomic E-state index is 10.0. The highest BCUT2D eigenvalue weighted by Gasteiger charge is 2.39. The zero-order valence-corrected chi connectivity index (χ0v) is 18.6. The summed E-state index contributed by atoms with van der Waals surface area (Å²) in [6.07, 6.45) is 19.2. The van der Waals surface area contributed by atoms with Crippen molar-refractivity contribution in [3.63, 3.8) is 0 Å². The number of allylic oxidation sites excluding steroid dienone is 2. The van der Waals surface area contributed by atoms with Crippen LogP contribution in [0.1, 0.15) is 96.8 Å². The van der Waals surface area contributed by atoms with Gasteiger partial charge >= 0.3 is 0 Å². The van der Waals surface area contributed by atoms with Crippen molar-refractivity contribution in [2.24, 2.45) is 0 Å². The molecule has 5 heteroatoms. The van der Waals surface area contributed by atoms with Gasteiger partial charge in [0, 0.05) is 6.61 Å². The van der Waals surface area contributed by atoms with Crippen molar-refractivity contribution in [1.29, 1.82) is 0 Å². The van der Waals surface area contributed by atoms with Crippen LogP contribution in [0.15, 0.2) is 12.2 Å². The highest BCUT2D eigenvalue weighted by molar-refractivity contribution is 4.87. The van der Waals surface area contributed by atoms with E-state index in [1.807, 2.05) is 0 Å². The smallest absolute Gasteiger partial charge is 0.114 e. The van der Waals surface area contributed by atoms with Crippen molar-refractivity contribution in [1.82, 2.24) is 0 Å². The molecule has 29 heavy (non-hydrogen) atoms. The molecule has 0 aromatic rings. The molecule has 0 bridgehead atoms. The molecule has 1 fully saturated rings. The van der Waals surface area contributed by atoms with Crippen molar-refractivity contribution in [3.8, 4) is 0 Å². The van der Waals surface area contributed by atoms with E-state index in [1.165, 1.54) is 77.0 Å². The van der Waals surface area contributed by atoms with Crippen LogP contribution in [-0.2, 0) is 9.47 Å². The standard InChI is InChI=1S/C24H46O5/c1-2-3-4-5-6-7-8-9-10-11-12-13-14-15-16-17-18-28-24-22(19-25)29-20-21(26)23(24)27/h8-9,21-27H,2-7,10-20H2,1H3/b9-8+/t21-,22+,23+,24+/m0/s1. The minimum atomic E-state index is -0.990. The Labute approximate surface area is 178 Å². The van der Waals surface area contributed by atoms with Gasteiger partial charge < -0.3 is 24.8 Å². The Morgan fingerprint density at radius 3 is 1.97 bits per heavy atom. The molecule has 0 radical (unpaired) electrons. The predicted molar refractivity (Wildman–Crippen MR) is 118 cm³/mol. The molecule has 1 aliphatic rings. The average Bonchev–Trinajstić information content (AvgIpc) is 2.73. The molecule has 1 rings (SSSR count). The molecular weight excluding hydrogens is 368 g/mol. The lowest BCUT2D eigenvalue weighted by Gasteiger charge is -2.37. The van der Waals surface area contributed by atoms with E-state index in [2.05, 4.69) is 19.1 Å². The molecule has 0 aromatic heterocycles. The molecule has 0 aromatic carbocycles. The summed E-state index contributed by atoms with van der Waals surface area (Å²) in [7, 11) is 0. The normalized spacial score (nSPS) is 25.1. The zero-order valence-electron chi connectivity index (χ0n) is 18.6. The van der Waals surface area contributed by atoms with Crippen LogP contribution in [0.2, 0.25) is 0 Å². The number of hydrogen-bond acceptors (Lipinski definition) is 5. The first kappa shape index (κ1) is 26.6. The fourth-order valence-corrected chi connectivity index (χ4v) is 3.79. The minimum Gasteiger partial charge on any atom is -0.394 e. The third-order valence-corrected chi connectivity index (χ3v) is 5.72.